The van der Waals surface area contributed by atoms with Gasteiger partial charge in [-0.2, -0.15) is 11.8 Å². The van der Waals surface area contributed by atoms with Gasteiger partial charge in [-0.15, -0.1) is 0 Å². The van der Waals surface area contributed by atoms with Crippen LogP contribution < -0.4 is 10.6 Å². The molecule has 0 aliphatic carbocycles. The second kappa shape index (κ2) is 11.3. The molecule has 134 valence electrons. The van der Waals surface area contributed by atoms with Gasteiger partial charge >= 0.3 is 0 Å². The van der Waals surface area contributed by atoms with Crippen molar-refractivity contribution in [2.24, 2.45) is 4.99 Å². The third kappa shape index (κ3) is 6.71. The molecule has 1 aromatic rings. The lowest BCUT2D eigenvalue weighted by Gasteiger charge is -2.27. The largest absolute Gasteiger partial charge is 0.379 e. The average molecular weight is 351 g/mol. The van der Waals surface area contributed by atoms with E-state index in [1.165, 1.54) is 11.1 Å². The van der Waals surface area contributed by atoms with Crippen molar-refractivity contribution >= 4 is 17.7 Å². The number of ether oxygens (including phenoxy) is 1. The SMILES string of the molecule is CCNC(=NCc1ccccc1CN1CCOCC1)NCCSC. The highest BCUT2D eigenvalue weighted by molar-refractivity contribution is 7.98. The second-order valence-electron chi connectivity index (χ2n) is 5.77. The Hall–Kier alpha value is -1.24. The van der Waals surface area contributed by atoms with Crippen LogP contribution in [0.4, 0.5) is 0 Å². The van der Waals surface area contributed by atoms with Crippen LogP contribution in [-0.4, -0.2) is 62.3 Å². The van der Waals surface area contributed by atoms with Gasteiger partial charge in [0.15, 0.2) is 5.96 Å². The van der Waals surface area contributed by atoms with Gasteiger partial charge in [0.1, 0.15) is 0 Å². The van der Waals surface area contributed by atoms with Crippen LogP contribution in [0.5, 0.6) is 0 Å². The van der Waals surface area contributed by atoms with Gasteiger partial charge in [0.25, 0.3) is 0 Å². The van der Waals surface area contributed by atoms with Gasteiger partial charge in [0, 0.05) is 38.5 Å². The van der Waals surface area contributed by atoms with Crippen LogP contribution >= 0.6 is 11.8 Å². The van der Waals surface area contributed by atoms with Gasteiger partial charge < -0.3 is 15.4 Å². The molecule has 1 aliphatic rings. The highest BCUT2D eigenvalue weighted by atomic mass is 32.2. The fraction of sp³-hybridized carbons (Fsp3) is 0.611. The summed E-state index contributed by atoms with van der Waals surface area (Å²) in [6, 6.07) is 8.62. The van der Waals surface area contributed by atoms with Crippen LogP contribution in [-0.2, 0) is 17.8 Å². The number of aliphatic imine (C=N–C) groups is 1. The lowest BCUT2D eigenvalue weighted by Crippen LogP contribution is -2.38. The number of morpholine rings is 1. The molecular weight excluding hydrogens is 320 g/mol. The number of hydrogen-bond donors (Lipinski definition) is 2. The first kappa shape index (κ1) is 19.1. The molecule has 1 aromatic carbocycles. The first-order valence-corrected chi connectivity index (χ1v) is 10.1. The van der Waals surface area contributed by atoms with Crippen molar-refractivity contribution in [3.63, 3.8) is 0 Å². The fourth-order valence-corrected chi connectivity index (χ4v) is 2.95. The number of nitrogens with zero attached hydrogens (tertiary/aromatic N) is 2. The normalized spacial score (nSPS) is 16.2. The summed E-state index contributed by atoms with van der Waals surface area (Å²) in [7, 11) is 0. The first-order valence-electron chi connectivity index (χ1n) is 8.71. The number of rotatable bonds is 8. The molecule has 0 radical (unpaired) electrons. The summed E-state index contributed by atoms with van der Waals surface area (Å²) in [6.45, 7) is 9.28. The summed E-state index contributed by atoms with van der Waals surface area (Å²) in [4.78, 5) is 7.20. The summed E-state index contributed by atoms with van der Waals surface area (Å²) < 4.78 is 5.44. The quantitative estimate of drug-likeness (QED) is 0.426. The van der Waals surface area contributed by atoms with E-state index in [-0.39, 0.29) is 0 Å². The van der Waals surface area contributed by atoms with Crippen molar-refractivity contribution in [3.8, 4) is 0 Å². The number of hydrogen-bond acceptors (Lipinski definition) is 4. The van der Waals surface area contributed by atoms with E-state index in [2.05, 4.69) is 53.0 Å². The molecule has 0 unspecified atom stereocenters. The Morgan fingerprint density at radius 2 is 1.96 bits per heavy atom. The standard InChI is InChI=1S/C18H30N4OS/c1-3-19-18(20-8-13-24-2)21-14-16-6-4-5-7-17(16)15-22-9-11-23-12-10-22/h4-7H,3,8-15H2,1-2H3,(H2,19,20,21). The molecule has 1 aliphatic heterocycles. The highest BCUT2D eigenvalue weighted by Gasteiger charge is 2.12. The molecule has 1 fully saturated rings. The molecule has 2 rings (SSSR count). The summed E-state index contributed by atoms with van der Waals surface area (Å²) in [6.07, 6.45) is 2.12. The van der Waals surface area contributed by atoms with E-state index >= 15 is 0 Å². The van der Waals surface area contributed by atoms with Crippen LogP contribution in [0.15, 0.2) is 29.3 Å². The summed E-state index contributed by atoms with van der Waals surface area (Å²) in [5.41, 5.74) is 2.66. The molecule has 6 heteroatoms. The zero-order valence-electron chi connectivity index (χ0n) is 14.9. The van der Waals surface area contributed by atoms with Crippen molar-refractivity contribution < 1.29 is 4.74 Å². The number of benzene rings is 1. The Morgan fingerprint density at radius 3 is 2.67 bits per heavy atom. The topological polar surface area (TPSA) is 48.9 Å². The molecule has 0 atom stereocenters. The Kier molecular flexibility index (Phi) is 9.02. The van der Waals surface area contributed by atoms with E-state index < -0.39 is 0 Å². The van der Waals surface area contributed by atoms with Gasteiger partial charge in [-0.1, -0.05) is 24.3 Å². The van der Waals surface area contributed by atoms with Gasteiger partial charge in [-0.05, 0) is 24.3 Å². The van der Waals surface area contributed by atoms with Crippen molar-refractivity contribution in [3.05, 3.63) is 35.4 Å². The van der Waals surface area contributed by atoms with Crippen LogP contribution in [0, 0.1) is 0 Å². The van der Waals surface area contributed by atoms with E-state index in [9.17, 15) is 0 Å². The fourth-order valence-electron chi connectivity index (χ4n) is 2.64. The summed E-state index contributed by atoms with van der Waals surface area (Å²) >= 11 is 1.84. The second-order valence-corrected chi connectivity index (χ2v) is 6.76. The zero-order chi connectivity index (χ0) is 17.0. The molecule has 24 heavy (non-hydrogen) atoms. The molecule has 0 saturated carbocycles. The summed E-state index contributed by atoms with van der Waals surface area (Å²) in [5.74, 6) is 1.98. The van der Waals surface area contributed by atoms with E-state index in [1.54, 1.807) is 0 Å². The van der Waals surface area contributed by atoms with Crippen molar-refractivity contribution in [1.82, 2.24) is 15.5 Å². The molecule has 1 saturated heterocycles. The lowest BCUT2D eigenvalue weighted by molar-refractivity contribution is 0.0341. The number of guanidine groups is 1. The molecule has 0 bridgehead atoms. The van der Waals surface area contributed by atoms with Gasteiger partial charge in [-0.3, -0.25) is 4.90 Å². The average Bonchev–Trinajstić information content (AvgIpc) is 2.62. The Morgan fingerprint density at radius 1 is 1.21 bits per heavy atom. The first-order chi connectivity index (χ1) is 11.8. The van der Waals surface area contributed by atoms with Crippen molar-refractivity contribution in [2.75, 3.05) is 51.4 Å². The third-order valence-electron chi connectivity index (χ3n) is 3.97. The van der Waals surface area contributed by atoms with Crippen molar-refractivity contribution in [1.29, 1.82) is 0 Å². The highest BCUT2D eigenvalue weighted by Crippen LogP contribution is 2.14. The van der Waals surface area contributed by atoms with Gasteiger partial charge in [-0.25, -0.2) is 4.99 Å². The number of nitrogens with one attached hydrogen (secondary N) is 2. The molecule has 0 amide bonds. The molecule has 2 N–H and O–H groups in total. The van der Waals surface area contributed by atoms with Gasteiger partial charge in [0.2, 0.25) is 0 Å². The van der Waals surface area contributed by atoms with Crippen LogP contribution in [0.3, 0.4) is 0 Å². The third-order valence-corrected chi connectivity index (χ3v) is 4.58. The zero-order valence-corrected chi connectivity index (χ0v) is 15.7. The van der Waals surface area contributed by atoms with E-state index in [0.717, 1.165) is 57.6 Å². The lowest BCUT2D eigenvalue weighted by atomic mass is 10.1. The van der Waals surface area contributed by atoms with Crippen LogP contribution in [0.2, 0.25) is 0 Å². The van der Waals surface area contributed by atoms with E-state index in [4.69, 9.17) is 9.73 Å². The van der Waals surface area contributed by atoms with Crippen LogP contribution in [0.1, 0.15) is 18.1 Å². The minimum Gasteiger partial charge on any atom is -0.379 e. The Bertz CT molecular complexity index is 504. The summed E-state index contributed by atoms with van der Waals surface area (Å²) in [5, 5.41) is 6.70. The maximum Gasteiger partial charge on any atom is 0.191 e. The smallest absolute Gasteiger partial charge is 0.191 e. The minimum absolute atomic E-state index is 0.703. The van der Waals surface area contributed by atoms with E-state index in [1.807, 2.05) is 11.8 Å². The molecule has 1 heterocycles. The molecule has 5 nitrogen and oxygen atoms in total. The molecular formula is C18H30N4OS. The van der Waals surface area contributed by atoms with Gasteiger partial charge in [0.05, 0.1) is 19.8 Å². The minimum atomic E-state index is 0.703. The van der Waals surface area contributed by atoms with Crippen LogP contribution in [0.25, 0.3) is 0 Å². The number of thioether (sulfide) groups is 1. The van der Waals surface area contributed by atoms with E-state index in [0.29, 0.717) is 6.54 Å². The Labute approximate surface area is 150 Å². The van der Waals surface area contributed by atoms with Crippen molar-refractivity contribution in [2.45, 2.75) is 20.0 Å². The molecule has 0 aromatic heterocycles. The maximum absolute atomic E-state index is 5.44. The molecule has 0 spiro atoms. The Balaban J connectivity index is 1.97. The monoisotopic (exact) mass is 350 g/mol. The maximum atomic E-state index is 5.44. The predicted molar refractivity (Wildman–Crippen MR) is 104 cm³/mol. The predicted octanol–water partition coefficient (Wildman–Crippen LogP) is 1.94.